The van der Waals surface area contributed by atoms with Crippen molar-refractivity contribution in [3.63, 3.8) is 0 Å². The van der Waals surface area contributed by atoms with Crippen molar-refractivity contribution in [3.05, 3.63) is 102 Å². The molecule has 0 spiro atoms. The lowest BCUT2D eigenvalue weighted by Crippen LogP contribution is -2.29. The van der Waals surface area contributed by atoms with Gasteiger partial charge < -0.3 is 0 Å². The van der Waals surface area contributed by atoms with Gasteiger partial charge in [0.15, 0.2) is 0 Å². The fraction of sp³-hybridized carbons (Fsp3) is 0.100. The van der Waals surface area contributed by atoms with Crippen LogP contribution < -0.4 is 4.72 Å². The quantitative estimate of drug-likeness (QED) is 0.728. The SMILES string of the molecule is O=S(=O)(NCC(c1ccccc1)c1ccccc1)c1ccc(F)cc1. The van der Waals surface area contributed by atoms with Gasteiger partial charge in [-0.05, 0) is 35.4 Å². The zero-order valence-corrected chi connectivity index (χ0v) is 14.3. The topological polar surface area (TPSA) is 46.2 Å². The van der Waals surface area contributed by atoms with Gasteiger partial charge in [-0.3, -0.25) is 0 Å². The van der Waals surface area contributed by atoms with Crippen LogP contribution in [0.15, 0.2) is 89.8 Å². The van der Waals surface area contributed by atoms with Gasteiger partial charge in [-0.15, -0.1) is 0 Å². The highest BCUT2D eigenvalue weighted by Crippen LogP contribution is 2.24. The highest BCUT2D eigenvalue weighted by molar-refractivity contribution is 7.89. The Labute approximate surface area is 147 Å². The van der Waals surface area contributed by atoms with Gasteiger partial charge in [0.05, 0.1) is 4.90 Å². The summed E-state index contributed by atoms with van der Waals surface area (Å²) in [5.41, 5.74) is 2.05. The van der Waals surface area contributed by atoms with E-state index >= 15 is 0 Å². The molecule has 0 bridgehead atoms. The zero-order valence-electron chi connectivity index (χ0n) is 13.5. The average molecular weight is 355 g/mol. The van der Waals surface area contributed by atoms with Gasteiger partial charge in [0.1, 0.15) is 5.82 Å². The van der Waals surface area contributed by atoms with Crippen LogP contribution >= 0.6 is 0 Å². The third-order valence-corrected chi connectivity index (χ3v) is 5.44. The standard InChI is InChI=1S/C20H18FNO2S/c21-18-11-13-19(14-12-18)25(23,24)22-15-20(16-7-3-1-4-8-16)17-9-5-2-6-10-17/h1-14,20,22H,15H2. The van der Waals surface area contributed by atoms with Crippen molar-refractivity contribution in [1.29, 1.82) is 0 Å². The van der Waals surface area contributed by atoms with E-state index in [9.17, 15) is 12.8 Å². The van der Waals surface area contributed by atoms with Crippen LogP contribution in [0.5, 0.6) is 0 Å². The molecular formula is C20H18FNO2S. The molecule has 3 aromatic rings. The van der Waals surface area contributed by atoms with Gasteiger partial charge in [0.2, 0.25) is 10.0 Å². The summed E-state index contributed by atoms with van der Waals surface area (Å²) in [5.74, 6) is -0.581. The van der Waals surface area contributed by atoms with E-state index < -0.39 is 15.8 Å². The van der Waals surface area contributed by atoms with Crippen molar-refractivity contribution in [2.24, 2.45) is 0 Å². The van der Waals surface area contributed by atoms with Crippen molar-refractivity contribution in [3.8, 4) is 0 Å². The Morgan fingerprint density at radius 1 is 0.760 bits per heavy atom. The number of benzene rings is 3. The molecule has 3 rings (SSSR count). The molecule has 1 N–H and O–H groups in total. The van der Waals surface area contributed by atoms with Crippen LogP contribution in [0.4, 0.5) is 4.39 Å². The van der Waals surface area contributed by atoms with Gasteiger partial charge in [0, 0.05) is 12.5 Å². The number of hydrogen-bond acceptors (Lipinski definition) is 2. The Morgan fingerprint density at radius 2 is 1.24 bits per heavy atom. The molecule has 0 heterocycles. The number of halogens is 1. The van der Waals surface area contributed by atoms with E-state index in [1.165, 1.54) is 12.1 Å². The molecule has 0 saturated carbocycles. The molecular weight excluding hydrogens is 337 g/mol. The molecule has 0 aliphatic heterocycles. The summed E-state index contributed by atoms with van der Waals surface area (Å²) in [6.45, 7) is 0.216. The van der Waals surface area contributed by atoms with Crippen LogP contribution in [-0.4, -0.2) is 15.0 Å². The second kappa shape index (κ2) is 7.59. The maximum absolute atomic E-state index is 13.0. The normalized spacial score (nSPS) is 11.6. The lowest BCUT2D eigenvalue weighted by molar-refractivity contribution is 0.576. The second-order valence-corrected chi connectivity index (χ2v) is 7.45. The summed E-state index contributed by atoms with van der Waals surface area (Å²) in [5, 5.41) is 0. The minimum atomic E-state index is -3.70. The van der Waals surface area contributed by atoms with Crippen LogP contribution in [0.2, 0.25) is 0 Å². The molecule has 0 unspecified atom stereocenters. The largest absolute Gasteiger partial charge is 0.240 e. The summed E-state index contributed by atoms with van der Waals surface area (Å²) in [6.07, 6.45) is 0. The molecule has 0 fully saturated rings. The predicted octanol–water partition coefficient (Wildman–Crippen LogP) is 3.94. The van der Waals surface area contributed by atoms with Crippen molar-refractivity contribution >= 4 is 10.0 Å². The maximum atomic E-state index is 13.0. The summed E-state index contributed by atoms with van der Waals surface area (Å²) in [4.78, 5) is 0.0498. The highest BCUT2D eigenvalue weighted by Gasteiger charge is 2.19. The van der Waals surface area contributed by atoms with Crippen LogP contribution in [0.3, 0.4) is 0 Å². The third kappa shape index (κ3) is 4.32. The van der Waals surface area contributed by atoms with Gasteiger partial charge in [-0.2, -0.15) is 0 Å². The first-order chi connectivity index (χ1) is 12.1. The Hall–Kier alpha value is -2.50. The van der Waals surface area contributed by atoms with Crippen molar-refractivity contribution in [2.45, 2.75) is 10.8 Å². The molecule has 0 saturated heterocycles. The molecule has 128 valence electrons. The average Bonchev–Trinajstić information content (AvgIpc) is 2.64. The van der Waals surface area contributed by atoms with Crippen molar-refractivity contribution < 1.29 is 12.8 Å². The van der Waals surface area contributed by atoms with E-state index in [0.717, 1.165) is 23.3 Å². The van der Waals surface area contributed by atoms with E-state index in [-0.39, 0.29) is 17.4 Å². The van der Waals surface area contributed by atoms with E-state index in [1.54, 1.807) is 0 Å². The molecule has 0 aromatic heterocycles. The number of nitrogens with one attached hydrogen (secondary N) is 1. The maximum Gasteiger partial charge on any atom is 0.240 e. The number of sulfonamides is 1. The summed E-state index contributed by atoms with van der Waals surface area (Å²) >= 11 is 0. The van der Waals surface area contributed by atoms with Crippen molar-refractivity contribution in [1.82, 2.24) is 4.72 Å². The van der Waals surface area contributed by atoms with E-state index in [4.69, 9.17) is 0 Å². The molecule has 0 atom stereocenters. The first kappa shape index (κ1) is 17.3. The molecule has 25 heavy (non-hydrogen) atoms. The van der Waals surface area contributed by atoms with Crippen LogP contribution in [0.25, 0.3) is 0 Å². The monoisotopic (exact) mass is 355 g/mol. The van der Waals surface area contributed by atoms with E-state index in [0.29, 0.717) is 0 Å². The Kier molecular flexibility index (Phi) is 5.26. The van der Waals surface area contributed by atoms with Gasteiger partial charge in [0.25, 0.3) is 0 Å². The van der Waals surface area contributed by atoms with E-state index in [2.05, 4.69) is 4.72 Å². The lowest BCUT2D eigenvalue weighted by atomic mass is 9.92. The molecule has 3 aromatic carbocycles. The van der Waals surface area contributed by atoms with Gasteiger partial charge >= 0.3 is 0 Å². The molecule has 5 heteroatoms. The van der Waals surface area contributed by atoms with Crippen LogP contribution in [0, 0.1) is 5.82 Å². The third-order valence-electron chi connectivity index (χ3n) is 4.01. The first-order valence-corrected chi connectivity index (χ1v) is 9.40. The molecule has 3 nitrogen and oxygen atoms in total. The molecule has 0 amide bonds. The molecule has 0 aliphatic rings. The zero-order chi connectivity index (χ0) is 17.7. The Balaban J connectivity index is 1.85. The molecule has 0 radical (unpaired) electrons. The van der Waals surface area contributed by atoms with Crippen LogP contribution in [-0.2, 0) is 10.0 Å². The Morgan fingerprint density at radius 3 is 1.72 bits per heavy atom. The second-order valence-electron chi connectivity index (χ2n) is 5.68. The number of hydrogen-bond donors (Lipinski definition) is 1. The first-order valence-electron chi connectivity index (χ1n) is 7.91. The lowest BCUT2D eigenvalue weighted by Gasteiger charge is -2.19. The van der Waals surface area contributed by atoms with Crippen molar-refractivity contribution in [2.75, 3.05) is 6.54 Å². The van der Waals surface area contributed by atoms with E-state index in [1.807, 2.05) is 60.7 Å². The summed E-state index contributed by atoms with van der Waals surface area (Å²) < 4.78 is 40.6. The summed E-state index contributed by atoms with van der Waals surface area (Å²) in [7, 11) is -3.70. The number of rotatable bonds is 6. The Bertz CT molecular complexity index is 871. The minimum Gasteiger partial charge on any atom is -0.210 e. The fourth-order valence-corrected chi connectivity index (χ4v) is 3.74. The van der Waals surface area contributed by atoms with Gasteiger partial charge in [-0.1, -0.05) is 60.7 Å². The minimum absolute atomic E-state index is 0.0498. The van der Waals surface area contributed by atoms with Crippen LogP contribution in [0.1, 0.15) is 17.0 Å². The predicted molar refractivity (Wildman–Crippen MR) is 96.3 cm³/mol. The summed E-state index contributed by atoms with van der Waals surface area (Å²) in [6, 6.07) is 24.3. The van der Waals surface area contributed by atoms with Gasteiger partial charge in [-0.25, -0.2) is 17.5 Å². The smallest absolute Gasteiger partial charge is 0.210 e. The fourth-order valence-electron chi connectivity index (χ4n) is 2.69. The molecule has 0 aliphatic carbocycles. The highest BCUT2D eigenvalue weighted by atomic mass is 32.2.